The first kappa shape index (κ1) is 5.43. The summed E-state index contributed by atoms with van der Waals surface area (Å²) in [5.74, 6) is -0.822. The van der Waals surface area contributed by atoms with Crippen LogP contribution in [0.1, 0.15) is 0 Å². The third kappa shape index (κ3) is 3.43. The Balaban J connectivity index is 2.83. The van der Waals surface area contributed by atoms with Crippen LogP contribution in [-0.4, -0.2) is 24.7 Å². The van der Waals surface area contributed by atoms with E-state index < -0.39 is 5.97 Å². The number of nitrogens with one attached hydrogen (secondary N) is 1. The van der Waals surface area contributed by atoms with Gasteiger partial charge in [-0.2, -0.15) is 0 Å². The van der Waals surface area contributed by atoms with Crippen LogP contribution in [0, 0.1) is 0 Å². The molecule has 2 N–H and O–H groups in total. The van der Waals surface area contributed by atoms with Crippen molar-refractivity contribution in [2.45, 2.75) is 0 Å². The van der Waals surface area contributed by atoms with Crippen molar-refractivity contribution >= 4 is 5.97 Å². The van der Waals surface area contributed by atoms with E-state index >= 15 is 0 Å². The van der Waals surface area contributed by atoms with Gasteiger partial charge in [0.25, 0.3) is 0 Å². The molecule has 6 heavy (non-hydrogen) atoms. The van der Waals surface area contributed by atoms with Gasteiger partial charge < -0.3 is 10.4 Å². The quantitative estimate of drug-likeness (QED) is 0.442. The van der Waals surface area contributed by atoms with E-state index in [-0.39, 0.29) is 6.54 Å². The van der Waals surface area contributed by atoms with Gasteiger partial charge in [0, 0.05) is 0 Å². The summed E-state index contributed by atoms with van der Waals surface area (Å²) in [6.07, 6.45) is 0. The van der Waals surface area contributed by atoms with Crippen molar-refractivity contribution < 1.29 is 9.90 Å². The van der Waals surface area contributed by atoms with Gasteiger partial charge in [-0.25, -0.2) is 0 Å². The highest BCUT2D eigenvalue weighted by Gasteiger charge is 1.86. The number of rotatable bonds is 2. The minimum Gasteiger partial charge on any atom is -0.480 e. The van der Waals surface area contributed by atoms with E-state index in [1.54, 1.807) is 7.05 Å². The van der Waals surface area contributed by atoms with Gasteiger partial charge in [-0.1, -0.05) is 0 Å². The monoisotopic (exact) mass is 92.1 g/mol. The van der Waals surface area contributed by atoms with Crippen molar-refractivity contribution in [3.8, 4) is 0 Å². The van der Waals surface area contributed by atoms with Gasteiger partial charge in [0.05, 0.1) is 6.54 Å². The van der Waals surface area contributed by atoms with Crippen molar-refractivity contribution in [3.63, 3.8) is 0 Å². The van der Waals surface area contributed by atoms with Crippen LogP contribution in [0.25, 0.3) is 0 Å². The normalized spacial score (nSPS) is 8.17. The number of carbonyl (C=O) groups is 1. The van der Waals surface area contributed by atoms with Gasteiger partial charge in [0.1, 0.15) is 0 Å². The second-order valence-electron chi connectivity index (χ2n) is 0.924. The number of carboxylic acid groups (broad SMARTS) is 1. The second kappa shape index (κ2) is 2.66. The van der Waals surface area contributed by atoms with Crippen LogP contribution in [0.15, 0.2) is 0 Å². The zero-order valence-corrected chi connectivity index (χ0v) is 3.56. The first-order chi connectivity index (χ1) is 2.77. The minimum atomic E-state index is -0.822. The lowest BCUT2D eigenvalue weighted by Gasteiger charge is -1.84. The summed E-state index contributed by atoms with van der Waals surface area (Å²) in [6, 6.07) is 0. The first-order valence-corrected chi connectivity index (χ1v) is 1.63. The average Bonchev–Trinajstić information content (AvgIpc) is 1.35. The highest BCUT2D eigenvalue weighted by molar-refractivity contribution is 5.68. The molecule has 0 rings (SSSR count). The van der Waals surface area contributed by atoms with Crippen molar-refractivity contribution in [1.29, 1.82) is 0 Å². The molecule has 0 atom stereocenters. The molecule has 36 valence electrons. The average molecular weight is 92.1 g/mol. The van der Waals surface area contributed by atoms with E-state index in [9.17, 15) is 4.79 Å². The molecular weight excluding hydrogens is 85.0 g/mol. The Morgan fingerprint density at radius 2 is 2.50 bits per heavy atom. The Morgan fingerprint density at radius 3 is 2.50 bits per heavy atom. The van der Waals surface area contributed by atoms with Crippen LogP contribution >= 0.6 is 0 Å². The maximum absolute atomic E-state index is 9.54. The SMILES string of the molecule is [13CH3]N[13CH2][13C](=O)O. The van der Waals surface area contributed by atoms with E-state index in [0.29, 0.717) is 0 Å². The molecule has 0 aliphatic heterocycles. The minimum absolute atomic E-state index is 0.0417. The van der Waals surface area contributed by atoms with Gasteiger partial charge in [0.15, 0.2) is 0 Å². The van der Waals surface area contributed by atoms with Crippen molar-refractivity contribution in [1.82, 2.24) is 5.32 Å². The largest absolute Gasteiger partial charge is 0.480 e. The van der Waals surface area contributed by atoms with E-state index in [1.807, 2.05) is 0 Å². The van der Waals surface area contributed by atoms with Crippen LogP contribution in [-0.2, 0) is 4.79 Å². The Labute approximate surface area is 36.0 Å². The van der Waals surface area contributed by atoms with Crippen molar-refractivity contribution in [3.05, 3.63) is 0 Å². The molecule has 0 aromatic heterocycles. The zero-order valence-electron chi connectivity index (χ0n) is 3.56. The fourth-order valence-corrected chi connectivity index (χ4v) is 0.151. The molecule has 3 heteroatoms. The van der Waals surface area contributed by atoms with Gasteiger partial charge in [-0.05, 0) is 7.05 Å². The summed E-state index contributed by atoms with van der Waals surface area (Å²) in [4.78, 5) is 9.54. The van der Waals surface area contributed by atoms with E-state index in [0.717, 1.165) is 0 Å². The summed E-state index contributed by atoms with van der Waals surface area (Å²) in [7, 11) is 1.59. The molecule has 0 radical (unpaired) electrons. The molecule has 0 aliphatic carbocycles. The highest BCUT2D eigenvalue weighted by Crippen LogP contribution is 1.50. The standard InChI is InChI=1S/C3H7NO2/c1-4-2-3(5)6/h4H,2H2,1H3,(H,5,6)/i1+1,2+1,3+1. The Hall–Kier alpha value is -0.570. The molecule has 0 unspecified atom stereocenters. The predicted octanol–water partition coefficient (Wildman–Crippen LogP) is -0.710. The lowest BCUT2D eigenvalue weighted by atomic mass is 11.5. The molecule has 3 nitrogen and oxygen atoms in total. The molecule has 0 fully saturated rings. The maximum atomic E-state index is 9.54. The maximum Gasteiger partial charge on any atom is 0.317 e. The summed E-state index contributed by atoms with van der Waals surface area (Å²) in [5, 5.41) is 10.3. The number of hydrogen-bond acceptors (Lipinski definition) is 2. The number of hydrogen-bond donors (Lipinski definition) is 2. The van der Waals surface area contributed by atoms with Crippen molar-refractivity contribution in [2.75, 3.05) is 13.6 Å². The van der Waals surface area contributed by atoms with Crippen LogP contribution in [0.2, 0.25) is 0 Å². The molecule has 0 aromatic carbocycles. The van der Waals surface area contributed by atoms with Gasteiger partial charge >= 0.3 is 5.97 Å². The third-order valence-electron chi connectivity index (χ3n) is 0.328. The number of carboxylic acids is 1. The summed E-state index contributed by atoms with van der Waals surface area (Å²) < 4.78 is 0. The van der Waals surface area contributed by atoms with E-state index in [1.165, 1.54) is 0 Å². The molecule has 0 spiro atoms. The summed E-state index contributed by atoms with van der Waals surface area (Å²) >= 11 is 0. The van der Waals surface area contributed by atoms with Crippen LogP contribution in [0.5, 0.6) is 0 Å². The molecule has 0 bridgehead atoms. The summed E-state index contributed by atoms with van der Waals surface area (Å²) in [5.41, 5.74) is 0. The van der Waals surface area contributed by atoms with Crippen molar-refractivity contribution in [2.24, 2.45) is 0 Å². The Morgan fingerprint density at radius 1 is 2.00 bits per heavy atom. The second-order valence-corrected chi connectivity index (χ2v) is 0.924. The third-order valence-corrected chi connectivity index (χ3v) is 0.328. The zero-order chi connectivity index (χ0) is 4.99. The lowest BCUT2D eigenvalue weighted by Crippen LogP contribution is -2.16. The highest BCUT2D eigenvalue weighted by atomic mass is 16.5. The first-order valence-electron chi connectivity index (χ1n) is 1.63. The lowest BCUT2D eigenvalue weighted by molar-refractivity contribution is -0.135. The molecule has 0 amide bonds. The van der Waals surface area contributed by atoms with Gasteiger partial charge in [-0.15, -0.1) is 0 Å². The molecule has 0 aromatic rings. The molecule has 0 aliphatic rings. The molecule has 0 saturated heterocycles. The topological polar surface area (TPSA) is 49.3 Å². The Kier molecular flexibility index (Phi) is 2.40. The number of aliphatic carboxylic acids is 1. The van der Waals surface area contributed by atoms with E-state index in [4.69, 9.17) is 5.11 Å². The molecular formula is C3H7NO2. The smallest absolute Gasteiger partial charge is 0.317 e. The van der Waals surface area contributed by atoms with Crippen LogP contribution in [0.4, 0.5) is 0 Å². The summed E-state index contributed by atoms with van der Waals surface area (Å²) in [6.45, 7) is 0.0417. The Bertz CT molecular complexity index is 52.8. The van der Waals surface area contributed by atoms with E-state index in [2.05, 4.69) is 5.32 Å². The van der Waals surface area contributed by atoms with Gasteiger partial charge in [0.2, 0.25) is 0 Å². The van der Waals surface area contributed by atoms with Gasteiger partial charge in [-0.3, -0.25) is 4.79 Å². The molecule has 0 saturated carbocycles. The van der Waals surface area contributed by atoms with Crippen LogP contribution in [0.3, 0.4) is 0 Å². The molecule has 0 heterocycles. The fraction of sp³-hybridized carbons (Fsp3) is 0.667. The van der Waals surface area contributed by atoms with Crippen LogP contribution < -0.4 is 5.32 Å². The number of likely N-dealkylation sites (N-methyl/N-ethyl adjacent to an activating group) is 1. The predicted molar refractivity (Wildman–Crippen MR) is 21.6 cm³/mol. The fourth-order valence-electron chi connectivity index (χ4n) is 0.151.